The number of nitrogens with zero attached hydrogens (tertiary/aromatic N) is 1. The van der Waals surface area contributed by atoms with Gasteiger partial charge in [0, 0.05) is 21.7 Å². The van der Waals surface area contributed by atoms with Crippen LogP contribution in [0, 0.1) is 17.0 Å². The average molecular weight is 363 g/mol. The van der Waals surface area contributed by atoms with Crippen molar-refractivity contribution in [1.82, 2.24) is 5.32 Å². The van der Waals surface area contributed by atoms with Crippen LogP contribution < -0.4 is 5.32 Å². The summed E-state index contributed by atoms with van der Waals surface area (Å²) < 4.78 is 0.901. The largest absolute Gasteiger partial charge is 0.345 e. The van der Waals surface area contributed by atoms with Crippen molar-refractivity contribution < 1.29 is 9.72 Å². The molecule has 0 saturated heterocycles. The Morgan fingerprint density at radius 2 is 1.91 bits per heavy atom. The molecule has 1 N–H and O–H groups in total. The van der Waals surface area contributed by atoms with Crippen LogP contribution in [0.2, 0.25) is 0 Å². The van der Waals surface area contributed by atoms with Crippen molar-refractivity contribution in [3.8, 4) is 0 Å². The molecule has 0 bridgehead atoms. The molecular weight excluding hydrogens is 348 g/mol. The van der Waals surface area contributed by atoms with Gasteiger partial charge in [0.15, 0.2) is 0 Å². The first-order chi connectivity index (χ1) is 10.4. The van der Waals surface area contributed by atoms with E-state index in [1.165, 1.54) is 12.1 Å². The summed E-state index contributed by atoms with van der Waals surface area (Å²) in [6.07, 6.45) is 0. The summed E-state index contributed by atoms with van der Waals surface area (Å²) in [5, 5.41) is 13.8. The number of nitro groups is 1. The summed E-state index contributed by atoms with van der Waals surface area (Å²) in [7, 11) is 0. The third-order valence-electron chi connectivity index (χ3n) is 3.47. The average Bonchev–Trinajstić information content (AvgIpc) is 2.47. The standard InChI is InChI=1S/C16H15BrN2O3/c1-10-12(7-5-9-15(10)19(21)22)16(20)18-11(2)13-6-3-4-8-14(13)17/h3-9,11H,1-2H3,(H,18,20). The molecule has 1 amide bonds. The van der Waals surface area contributed by atoms with E-state index < -0.39 is 4.92 Å². The zero-order valence-electron chi connectivity index (χ0n) is 12.2. The Hall–Kier alpha value is -2.21. The molecular formula is C16H15BrN2O3. The van der Waals surface area contributed by atoms with Crippen LogP contribution in [0.5, 0.6) is 0 Å². The lowest BCUT2D eigenvalue weighted by atomic mass is 10.0. The molecule has 0 heterocycles. The Morgan fingerprint density at radius 1 is 1.23 bits per heavy atom. The maximum atomic E-state index is 12.4. The molecule has 1 unspecified atom stereocenters. The predicted molar refractivity (Wildman–Crippen MR) is 87.9 cm³/mol. The van der Waals surface area contributed by atoms with Gasteiger partial charge >= 0.3 is 0 Å². The topological polar surface area (TPSA) is 72.2 Å². The summed E-state index contributed by atoms with van der Waals surface area (Å²) in [5.74, 6) is -0.329. The fourth-order valence-corrected chi connectivity index (χ4v) is 2.87. The van der Waals surface area contributed by atoms with Gasteiger partial charge in [-0.05, 0) is 31.5 Å². The number of nitro benzene ring substituents is 1. The maximum absolute atomic E-state index is 12.4. The van der Waals surface area contributed by atoms with Gasteiger partial charge in [0.05, 0.1) is 11.0 Å². The monoisotopic (exact) mass is 362 g/mol. The lowest BCUT2D eigenvalue weighted by Crippen LogP contribution is -2.27. The summed E-state index contributed by atoms with van der Waals surface area (Å²) in [5.41, 5.74) is 1.57. The van der Waals surface area contributed by atoms with Gasteiger partial charge < -0.3 is 5.32 Å². The van der Waals surface area contributed by atoms with E-state index in [1.807, 2.05) is 31.2 Å². The zero-order valence-corrected chi connectivity index (χ0v) is 13.8. The third kappa shape index (κ3) is 3.33. The maximum Gasteiger partial charge on any atom is 0.273 e. The molecule has 0 radical (unpaired) electrons. The highest BCUT2D eigenvalue weighted by atomic mass is 79.9. The predicted octanol–water partition coefficient (Wildman–Crippen LogP) is 4.16. The van der Waals surface area contributed by atoms with E-state index in [2.05, 4.69) is 21.2 Å². The van der Waals surface area contributed by atoms with Gasteiger partial charge in [-0.15, -0.1) is 0 Å². The van der Waals surface area contributed by atoms with Crippen molar-refractivity contribution in [1.29, 1.82) is 0 Å². The van der Waals surface area contributed by atoms with E-state index in [1.54, 1.807) is 13.0 Å². The SMILES string of the molecule is Cc1c(C(=O)NC(C)c2ccccc2Br)cccc1[N+](=O)[O-]. The van der Waals surface area contributed by atoms with E-state index in [0.717, 1.165) is 10.0 Å². The van der Waals surface area contributed by atoms with Gasteiger partial charge in [0.1, 0.15) is 0 Å². The van der Waals surface area contributed by atoms with Gasteiger partial charge in [0.25, 0.3) is 11.6 Å². The molecule has 0 aliphatic rings. The molecule has 0 aliphatic carbocycles. The van der Waals surface area contributed by atoms with E-state index in [-0.39, 0.29) is 17.6 Å². The van der Waals surface area contributed by atoms with Crippen LogP contribution in [0.1, 0.15) is 34.5 Å². The van der Waals surface area contributed by atoms with E-state index >= 15 is 0 Å². The number of rotatable bonds is 4. The molecule has 2 rings (SSSR count). The van der Waals surface area contributed by atoms with Gasteiger partial charge in [-0.2, -0.15) is 0 Å². The second-order valence-electron chi connectivity index (χ2n) is 4.92. The number of hydrogen-bond acceptors (Lipinski definition) is 3. The van der Waals surface area contributed by atoms with Gasteiger partial charge in [0.2, 0.25) is 0 Å². The second-order valence-corrected chi connectivity index (χ2v) is 5.78. The highest BCUT2D eigenvalue weighted by molar-refractivity contribution is 9.10. The molecule has 114 valence electrons. The first-order valence-electron chi connectivity index (χ1n) is 6.71. The second kappa shape index (κ2) is 6.70. The normalized spacial score (nSPS) is 11.8. The minimum Gasteiger partial charge on any atom is -0.345 e. The lowest BCUT2D eigenvalue weighted by Gasteiger charge is -2.16. The van der Waals surface area contributed by atoms with Crippen LogP contribution in [-0.4, -0.2) is 10.8 Å². The molecule has 2 aromatic rings. The summed E-state index contributed by atoms with van der Waals surface area (Å²) >= 11 is 3.45. The first kappa shape index (κ1) is 16.2. The summed E-state index contributed by atoms with van der Waals surface area (Å²) in [6.45, 7) is 3.45. The summed E-state index contributed by atoms with van der Waals surface area (Å²) in [6, 6.07) is 11.9. The van der Waals surface area contributed by atoms with Crippen molar-refractivity contribution in [3.05, 3.63) is 73.7 Å². The molecule has 0 spiro atoms. The van der Waals surface area contributed by atoms with Crippen molar-refractivity contribution in [2.75, 3.05) is 0 Å². The quantitative estimate of drug-likeness (QED) is 0.655. The molecule has 0 aromatic heterocycles. The van der Waals surface area contributed by atoms with Crippen molar-refractivity contribution in [2.24, 2.45) is 0 Å². The number of halogens is 1. The lowest BCUT2D eigenvalue weighted by molar-refractivity contribution is -0.385. The minimum atomic E-state index is -0.483. The first-order valence-corrected chi connectivity index (χ1v) is 7.50. The van der Waals surface area contributed by atoms with Crippen LogP contribution in [-0.2, 0) is 0 Å². The van der Waals surface area contributed by atoms with Gasteiger partial charge in [-0.3, -0.25) is 14.9 Å². The van der Waals surface area contributed by atoms with Crippen LogP contribution in [0.4, 0.5) is 5.69 Å². The molecule has 22 heavy (non-hydrogen) atoms. The van der Waals surface area contributed by atoms with E-state index in [4.69, 9.17) is 0 Å². The molecule has 5 nitrogen and oxygen atoms in total. The van der Waals surface area contributed by atoms with Gasteiger partial charge in [-0.1, -0.05) is 40.2 Å². The Balaban J connectivity index is 2.25. The molecule has 0 saturated carbocycles. The zero-order chi connectivity index (χ0) is 16.3. The van der Waals surface area contributed by atoms with E-state index in [0.29, 0.717) is 11.1 Å². The smallest absolute Gasteiger partial charge is 0.273 e. The van der Waals surface area contributed by atoms with Crippen molar-refractivity contribution in [2.45, 2.75) is 19.9 Å². The van der Waals surface area contributed by atoms with Crippen LogP contribution in [0.15, 0.2) is 46.9 Å². The number of benzene rings is 2. The number of carbonyl (C=O) groups excluding carboxylic acids is 1. The number of nitrogens with one attached hydrogen (secondary N) is 1. The van der Waals surface area contributed by atoms with Crippen LogP contribution in [0.25, 0.3) is 0 Å². The number of amides is 1. The Morgan fingerprint density at radius 3 is 2.55 bits per heavy atom. The van der Waals surface area contributed by atoms with Crippen LogP contribution >= 0.6 is 15.9 Å². The van der Waals surface area contributed by atoms with Crippen molar-refractivity contribution in [3.63, 3.8) is 0 Å². The molecule has 0 aliphatic heterocycles. The number of hydrogen-bond donors (Lipinski definition) is 1. The summed E-state index contributed by atoms with van der Waals surface area (Å²) in [4.78, 5) is 22.9. The van der Waals surface area contributed by atoms with Crippen molar-refractivity contribution >= 4 is 27.5 Å². The molecule has 1 atom stereocenters. The highest BCUT2D eigenvalue weighted by Gasteiger charge is 2.20. The Kier molecular flexibility index (Phi) is 4.92. The molecule has 2 aromatic carbocycles. The Bertz CT molecular complexity index is 731. The molecule has 6 heteroatoms. The highest BCUT2D eigenvalue weighted by Crippen LogP contribution is 2.25. The van der Waals surface area contributed by atoms with E-state index in [9.17, 15) is 14.9 Å². The Labute approximate surface area is 136 Å². The molecule has 0 fully saturated rings. The third-order valence-corrected chi connectivity index (χ3v) is 4.19. The van der Waals surface area contributed by atoms with Gasteiger partial charge in [-0.25, -0.2) is 0 Å². The number of carbonyl (C=O) groups is 1. The fourth-order valence-electron chi connectivity index (χ4n) is 2.25. The van der Waals surface area contributed by atoms with Crippen LogP contribution in [0.3, 0.4) is 0 Å². The minimum absolute atomic E-state index is 0.0544. The fraction of sp³-hybridized carbons (Fsp3) is 0.188.